The molecular weight excluding hydrogens is 298 g/mol. The van der Waals surface area contributed by atoms with E-state index in [4.69, 9.17) is 29.4 Å². The van der Waals surface area contributed by atoms with Gasteiger partial charge in [0.1, 0.15) is 13.2 Å². The molecular formula is C17H27NO5. The Hall–Kier alpha value is -1.34. The Morgan fingerprint density at radius 2 is 1.35 bits per heavy atom. The number of benzene rings is 1. The van der Waals surface area contributed by atoms with Crippen LogP contribution in [0.1, 0.15) is 12.5 Å². The molecule has 2 rings (SSSR count). The van der Waals surface area contributed by atoms with E-state index in [9.17, 15) is 0 Å². The number of rotatable bonds is 2. The van der Waals surface area contributed by atoms with Gasteiger partial charge in [0, 0.05) is 6.04 Å². The van der Waals surface area contributed by atoms with Gasteiger partial charge in [-0.15, -0.1) is 0 Å². The SMILES string of the molecule is CC(N)Cc1ccc2c(c1)OCCOCCOCCOCCO2. The summed E-state index contributed by atoms with van der Waals surface area (Å²) in [5.74, 6) is 1.44. The van der Waals surface area contributed by atoms with Gasteiger partial charge in [-0.25, -0.2) is 0 Å². The first-order chi connectivity index (χ1) is 11.3. The Balaban J connectivity index is 1.99. The number of fused-ring (bicyclic) bond motifs is 1. The first-order valence-corrected chi connectivity index (χ1v) is 8.13. The molecule has 0 aromatic heterocycles. The van der Waals surface area contributed by atoms with E-state index in [0.717, 1.165) is 17.7 Å². The van der Waals surface area contributed by atoms with Crippen molar-refractivity contribution in [2.75, 3.05) is 52.9 Å². The van der Waals surface area contributed by atoms with Gasteiger partial charge >= 0.3 is 0 Å². The van der Waals surface area contributed by atoms with Crippen LogP contribution in [0.4, 0.5) is 0 Å². The topological polar surface area (TPSA) is 72.2 Å². The van der Waals surface area contributed by atoms with Gasteiger partial charge in [-0.3, -0.25) is 0 Å². The van der Waals surface area contributed by atoms with E-state index in [1.165, 1.54) is 0 Å². The van der Waals surface area contributed by atoms with Gasteiger partial charge < -0.3 is 29.4 Å². The summed E-state index contributed by atoms with van der Waals surface area (Å²) in [7, 11) is 0. The molecule has 1 aliphatic rings. The molecule has 1 aliphatic heterocycles. The van der Waals surface area contributed by atoms with E-state index in [0.29, 0.717) is 58.6 Å². The van der Waals surface area contributed by atoms with E-state index in [2.05, 4.69) is 0 Å². The van der Waals surface area contributed by atoms with Crippen molar-refractivity contribution in [3.05, 3.63) is 23.8 Å². The third-order valence-electron chi connectivity index (χ3n) is 3.28. The van der Waals surface area contributed by atoms with Crippen molar-refractivity contribution in [1.29, 1.82) is 0 Å². The Kier molecular flexibility index (Phi) is 8.17. The van der Waals surface area contributed by atoms with E-state index in [1.54, 1.807) is 0 Å². The van der Waals surface area contributed by atoms with E-state index in [1.807, 2.05) is 25.1 Å². The second-order valence-corrected chi connectivity index (χ2v) is 5.50. The van der Waals surface area contributed by atoms with Crippen molar-refractivity contribution in [2.24, 2.45) is 5.73 Å². The Bertz CT molecular complexity index is 453. The van der Waals surface area contributed by atoms with Gasteiger partial charge in [0.15, 0.2) is 11.5 Å². The molecule has 0 aliphatic carbocycles. The van der Waals surface area contributed by atoms with Crippen molar-refractivity contribution in [2.45, 2.75) is 19.4 Å². The summed E-state index contributed by atoms with van der Waals surface area (Å²) in [6, 6.07) is 6.04. The van der Waals surface area contributed by atoms with Crippen molar-refractivity contribution < 1.29 is 23.7 Å². The molecule has 0 amide bonds. The van der Waals surface area contributed by atoms with Crippen LogP contribution in [0.15, 0.2) is 18.2 Å². The summed E-state index contributed by atoms with van der Waals surface area (Å²) >= 11 is 0. The van der Waals surface area contributed by atoms with E-state index < -0.39 is 0 Å². The summed E-state index contributed by atoms with van der Waals surface area (Å²) < 4.78 is 27.9. The quantitative estimate of drug-likeness (QED) is 0.886. The summed E-state index contributed by atoms with van der Waals surface area (Å²) in [5, 5.41) is 0. The Morgan fingerprint density at radius 3 is 1.91 bits per heavy atom. The fraction of sp³-hybridized carbons (Fsp3) is 0.647. The van der Waals surface area contributed by atoms with Gasteiger partial charge in [0.2, 0.25) is 0 Å². The van der Waals surface area contributed by atoms with Crippen LogP contribution in [0.3, 0.4) is 0 Å². The molecule has 6 heteroatoms. The lowest BCUT2D eigenvalue weighted by Crippen LogP contribution is -2.18. The number of hydrogen-bond acceptors (Lipinski definition) is 6. The van der Waals surface area contributed by atoms with Crippen LogP contribution < -0.4 is 15.2 Å². The smallest absolute Gasteiger partial charge is 0.161 e. The van der Waals surface area contributed by atoms with Crippen LogP contribution in [-0.2, 0) is 20.6 Å². The Labute approximate surface area is 137 Å². The highest BCUT2D eigenvalue weighted by molar-refractivity contribution is 5.43. The highest BCUT2D eigenvalue weighted by Crippen LogP contribution is 2.29. The largest absolute Gasteiger partial charge is 0.487 e. The molecule has 0 spiro atoms. The first-order valence-electron chi connectivity index (χ1n) is 8.13. The first kappa shape index (κ1) is 18.0. The number of ether oxygens (including phenoxy) is 5. The molecule has 130 valence electrons. The van der Waals surface area contributed by atoms with Gasteiger partial charge in [0.25, 0.3) is 0 Å². The number of nitrogens with two attached hydrogens (primary N) is 1. The highest BCUT2D eigenvalue weighted by atomic mass is 16.6. The van der Waals surface area contributed by atoms with Crippen molar-refractivity contribution in [3.63, 3.8) is 0 Å². The maximum atomic E-state index is 5.87. The monoisotopic (exact) mass is 325 g/mol. The zero-order valence-corrected chi connectivity index (χ0v) is 13.8. The molecule has 1 aromatic carbocycles. The molecule has 0 saturated carbocycles. The average Bonchev–Trinajstić information content (AvgIpc) is 2.53. The van der Waals surface area contributed by atoms with Gasteiger partial charge in [-0.1, -0.05) is 6.07 Å². The molecule has 0 saturated heterocycles. The minimum absolute atomic E-state index is 0.105. The summed E-state index contributed by atoms with van der Waals surface area (Å²) in [4.78, 5) is 0. The van der Waals surface area contributed by atoms with Crippen molar-refractivity contribution >= 4 is 0 Å². The molecule has 0 fully saturated rings. The van der Waals surface area contributed by atoms with Crippen LogP contribution in [0.2, 0.25) is 0 Å². The highest BCUT2D eigenvalue weighted by Gasteiger charge is 2.09. The van der Waals surface area contributed by atoms with Gasteiger partial charge in [-0.2, -0.15) is 0 Å². The molecule has 6 nitrogen and oxygen atoms in total. The van der Waals surface area contributed by atoms with Crippen LogP contribution in [-0.4, -0.2) is 58.9 Å². The molecule has 1 atom stereocenters. The summed E-state index contributed by atoms with van der Waals surface area (Å²) in [6.45, 7) is 6.19. The molecule has 1 heterocycles. The lowest BCUT2D eigenvalue weighted by atomic mass is 10.1. The van der Waals surface area contributed by atoms with E-state index in [-0.39, 0.29) is 6.04 Å². The maximum absolute atomic E-state index is 5.87. The van der Waals surface area contributed by atoms with Crippen LogP contribution in [0.25, 0.3) is 0 Å². The minimum Gasteiger partial charge on any atom is -0.487 e. The fourth-order valence-electron chi connectivity index (χ4n) is 2.25. The fourth-order valence-corrected chi connectivity index (χ4v) is 2.25. The minimum atomic E-state index is 0.105. The van der Waals surface area contributed by atoms with Gasteiger partial charge in [-0.05, 0) is 31.0 Å². The van der Waals surface area contributed by atoms with Crippen LogP contribution in [0.5, 0.6) is 11.5 Å². The molecule has 1 aromatic rings. The van der Waals surface area contributed by atoms with Crippen molar-refractivity contribution in [3.8, 4) is 11.5 Å². The molecule has 0 bridgehead atoms. The lowest BCUT2D eigenvalue weighted by molar-refractivity contribution is 0.00708. The second-order valence-electron chi connectivity index (χ2n) is 5.50. The van der Waals surface area contributed by atoms with Crippen LogP contribution >= 0.6 is 0 Å². The zero-order valence-electron chi connectivity index (χ0n) is 13.8. The van der Waals surface area contributed by atoms with E-state index >= 15 is 0 Å². The third-order valence-corrected chi connectivity index (χ3v) is 3.28. The number of hydrogen-bond donors (Lipinski definition) is 1. The normalized spacial score (nSPS) is 19.4. The molecule has 2 N–H and O–H groups in total. The second kappa shape index (κ2) is 10.4. The molecule has 23 heavy (non-hydrogen) atoms. The summed E-state index contributed by atoms with van der Waals surface area (Å²) in [6.07, 6.45) is 0.799. The summed E-state index contributed by atoms with van der Waals surface area (Å²) in [5.41, 5.74) is 7.00. The van der Waals surface area contributed by atoms with Crippen LogP contribution in [0, 0.1) is 0 Å². The molecule has 1 unspecified atom stereocenters. The Morgan fingerprint density at radius 1 is 0.826 bits per heavy atom. The third kappa shape index (κ3) is 7.18. The predicted octanol–water partition coefficient (Wildman–Crippen LogP) is 1.40. The van der Waals surface area contributed by atoms with Gasteiger partial charge in [0.05, 0.1) is 39.6 Å². The molecule has 0 radical (unpaired) electrons. The standard InChI is InChI=1S/C17H27NO5/c1-14(18)12-15-2-3-16-17(13-15)23-11-9-21-7-5-19-4-6-20-8-10-22-16/h2-3,13-14H,4-12,18H2,1H3. The lowest BCUT2D eigenvalue weighted by Gasteiger charge is -2.15. The predicted molar refractivity (Wildman–Crippen MR) is 87.2 cm³/mol. The van der Waals surface area contributed by atoms with Crippen molar-refractivity contribution in [1.82, 2.24) is 0 Å². The maximum Gasteiger partial charge on any atom is 0.161 e. The average molecular weight is 325 g/mol. The zero-order chi connectivity index (χ0) is 16.3.